The zero-order valence-electron chi connectivity index (χ0n) is 18.2. The molecular weight excluding hydrogens is 408 g/mol. The number of ether oxygens (including phenoxy) is 6. The summed E-state index contributed by atoms with van der Waals surface area (Å²) in [6.07, 6.45) is -3.59. The van der Waals surface area contributed by atoms with Crippen molar-refractivity contribution < 1.29 is 38.0 Å². The van der Waals surface area contributed by atoms with Crippen LogP contribution >= 0.6 is 0 Å². The van der Waals surface area contributed by atoms with Crippen molar-refractivity contribution in [1.29, 1.82) is 0 Å². The first-order valence-electron chi connectivity index (χ1n) is 10.2. The molecule has 0 unspecified atom stereocenters. The smallest absolute Gasteiger partial charge is 0.252 e. The van der Waals surface area contributed by atoms with Gasteiger partial charge in [0.1, 0.15) is 24.1 Å². The van der Waals surface area contributed by atoms with Gasteiger partial charge in [-0.1, -0.05) is 12.1 Å². The summed E-state index contributed by atoms with van der Waals surface area (Å²) in [6.45, 7) is 6.80. The maximum absolute atomic E-state index is 12.9. The third-order valence-corrected chi connectivity index (χ3v) is 5.22. The number of hydrogen-bond acceptors (Lipinski definition) is 8. The van der Waals surface area contributed by atoms with E-state index < -0.39 is 54.1 Å². The molecule has 3 heterocycles. The van der Waals surface area contributed by atoms with Gasteiger partial charge in [0.05, 0.1) is 19.3 Å². The SMILES string of the molecule is COc1ccccc1NC(=O)CNC(=O)[C@@H]1O[C@@H]2OC(C)(C)O[C@@H]2[C@H]2OC(C)(C)O[C@@H]21. The number of hydrogen-bond donors (Lipinski definition) is 2. The lowest BCUT2D eigenvalue weighted by Crippen LogP contribution is -2.59. The molecule has 31 heavy (non-hydrogen) atoms. The summed E-state index contributed by atoms with van der Waals surface area (Å²) in [5, 5.41) is 5.31. The molecule has 1 aromatic rings. The van der Waals surface area contributed by atoms with E-state index in [2.05, 4.69) is 10.6 Å². The number of carbonyl (C=O) groups excluding carboxylic acids is 2. The van der Waals surface area contributed by atoms with Crippen LogP contribution in [-0.2, 0) is 33.3 Å². The Hall–Kier alpha value is -2.24. The molecule has 10 nitrogen and oxygen atoms in total. The zero-order valence-corrected chi connectivity index (χ0v) is 18.2. The van der Waals surface area contributed by atoms with Crippen molar-refractivity contribution in [1.82, 2.24) is 5.32 Å². The van der Waals surface area contributed by atoms with Gasteiger partial charge in [0.2, 0.25) is 5.91 Å². The van der Waals surface area contributed by atoms with Gasteiger partial charge in [0.25, 0.3) is 5.91 Å². The van der Waals surface area contributed by atoms with E-state index in [-0.39, 0.29) is 6.54 Å². The summed E-state index contributed by atoms with van der Waals surface area (Å²) in [5.41, 5.74) is 0.508. The highest BCUT2D eigenvalue weighted by molar-refractivity contribution is 5.96. The summed E-state index contributed by atoms with van der Waals surface area (Å²) in [6, 6.07) is 7.00. The molecule has 3 aliphatic rings. The Morgan fingerprint density at radius 3 is 2.35 bits per heavy atom. The minimum Gasteiger partial charge on any atom is -0.495 e. The molecule has 3 fully saturated rings. The Labute approximate surface area is 180 Å². The van der Waals surface area contributed by atoms with Gasteiger partial charge >= 0.3 is 0 Å². The molecule has 1 aromatic carbocycles. The average Bonchev–Trinajstić information content (AvgIpc) is 3.19. The van der Waals surface area contributed by atoms with Crippen LogP contribution in [0.2, 0.25) is 0 Å². The van der Waals surface area contributed by atoms with Crippen molar-refractivity contribution in [3.05, 3.63) is 24.3 Å². The first kappa shape index (κ1) is 22.0. The molecule has 0 bridgehead atoms. The van der Waals surface area contributed by atoms with E-state index in [1.54, 1.807) is 52.0 Å². The zero-order chi connectivity index (χ0) is 22.4. The first-order valence-corrected chi connectivity index (χ1v) is 10.2. The second kappa shape index (κ2) is 8.03. The minimum atomic E-state index is -1.02. The predicted octanol–water partition coefficient (Wildman–Crippen LogP) is 1.15. The Balaban J connectivity index is 1.41. The van der Waals surface area contributed by atoms with Crippen molar-refractivity contribution in [3.63, 3.8) is 0 Å². The minimum absolute atomic E-state index is 0.255. The molecule has 2 amide bonds. The summed E-state index contributed by atoms with van der Waals surface area (Å²) < 4.78 is 34.7. The van der Waals surface area contributed by atoms with Gasteiger partial charge in [-0.15, -0.1) is 0 Å². The van der Waals surface area contributed by atoms with Crippen molar-refractivity contribution >= 4 is 17.5 Å². The van der Waals surface area contributed by atoms with E-state index in [0.29, 0.717) is 11.4 Å². The molecule has 0 aromatic heterocycles. The standard InChI is InChI=1S/C21H28N2O8/c1-20(2)28-14-15(29-20)17-19(31-21(3,4)30-17)27-16(14)18(25)22-10-13(24)23-11-8-6-7-9-12(11)26-5/h6-9,14-17,19H,10H2,1-5H3,(H,22,25)(H,23,24)/t14-,15-,16+,17+,19+/m0/s1. The van der Waals surface area contributed by atoms with Crippen LogP contribution < -0.4 is 15.4 Å². The molecule has 0 saturated carbocycles. The van der Waals surface area contributed by atoms with Gasteiger partial charge in [-0.05, 0) is 39.8 Å². The maximum atomic E-state index is 12.9. The Morgan fingerprint density at radius 2 is 1.61 bits per heavy atom. The lowest BCUT2D eigenvalue weighted by molar-refractivity contribution is -0.231. The summed E-state index contributed by atoms with van der Waals surface area (Å²) in [5.74, 6) is -2.18. The van der Waals surface area contributed by atoms with E-state index in [0.717, 1.165) is 0 Å². The van der Waals surface area contributed by atoms with E-state index in [9.17, 15) is 9.59 Å². The number of benzene rings is 1. The molecule has 0 radical (unpaired) electrons. The molecule has 4 rings (SSSR count). The highest BCUT2D eigenvalue weighted by Gasteiger charge is 2.62. The molecule has 10 heteroatoms. The topological polar surface area (TPSA) is 114 Å². The molecule has 2 N–H and O–H groups in total. The van der Waals surface area contributed by atoms with Crippen LogP contribution in [0.4, 0.5) is 5.69 Å². The normalized spacial score (nSPS) is 32.6. The molecular formula is C21H28N2O8. The number of carbonyl (C=O) groups is 2. The number of para-hydroxylation sites is 2. The molecule has 3 aliphatic heterocycles. The number of nitrogens with one attached hydrogen (secondary N) is 2. The Bertz CT molecular complexity index is 858. The Morgan fingerprint density at radius 1 is 0.968 bits per heavy atom. The van der Waals surface area contributed by atoms with Crippen molar-refractivity contribution in [2.24, 2.45) is 0 Å². The molecule has 0 spiro atoms. The highest BCUT2D eigenvalue weighted by atomic mass is 16.9. The predicted molar refractivity (Wildman–Crippen MR) is 107 cm³/mol. The van der Waals surface area contributed by atoms with E-state index in [4.69, 9.17) is 28.4 Å². The fourth-order valence-electron chi connectivity index (χ4n) is 4.03. The largest absolute Gasteiger partial charge is 0.495 e. The third-order valence-electron chi connectivity index (χ3n) is 5.22. The fraction of sp³-hybridized carbons (Fsp3) is 0.619. The lowest BCUT2D eigenvalue weighted by Gasteiger charge is -2.36. The van der Waals surface area contributed by atoms with E-state index >= 15 is 0 Å². The monoisotopic (exact) mass is 436 g/mol. The number of amides is 2. The van der Waals surface area contributed by atoms with Crippen LogP contribution in [0.15, 0.2) is 24.3 Å². The van der Waals surface area contributed by atoms with Gasteiger partial charge in [0, 0.05) is 0 Å². The van der Waals surface area contributed by atoms with Crippen molar-refractivity contribution in [2.75, 3.05) is 19.0 Å². The second-order valence-corrected chi connectivity index (χ2v) is 8.56. The summed E-state index contributed by atoms with van der Waals surface area (Å²) in [7, 11) is 1.51. The number of anilines is 1. The molecule has 170 valence electrons. The molecule has 0 aliphatic carbocycles. The second-order valence-electron chi connectivity index (χ2n) is 8.56. The number of methoxy groups -OCH3 is 1. The van der Waals surface area contributed by atoms with Gasteiger partial charge in [-0.25, -0.2) is 0 Å². The van der Waals surface area contributed by atoms with E-state index in [1.807, 2.05) is 0 Å². The molecule has 3 saturated heterocycles. The number of fused-ring (bicyclic) bond motifs is 3. The summed E-state index contributed by atoms with van der Waals surface area (Å²) >= 11 is 0. The molecule has 5 atom stereocenters. The third kappa shape index (κ3) is 4.53. The average molecular weight is 436 g/mol. The number of rotatable bonds is 5. The van der Waals surface area contributed by atoms with Gasteiger partial charge < -0.3 is 39.1 Å². The fourth-order valence-corrected chi connectivity index (χ4v) is 4.03. The summed E-state index contributed by atoms with van der Waals surface area (Å²) in [4.78, 5) is 25.3. The van der Waals surface area contributed by atoms with Gasteiger partial charge in [-0.2, -0.15) is 0 Å². The van der Waals surface area contributed by atoms with Crippen LogP contribution in [0, 0.1) is 0 Å². The van der Waals surface area contributed by atoms with Crippen LogP contribution in [0.1, 0.15) is 27.7 Å². The highest BCUT2D eigenvalue weighted by Crippen LogP contribution is 2.44. The lowest BCUT2D eigenvalue weighted by atomic mass is 9.98. The van der Waals surface area contributed by atoms with Crippen LogP contribution in [-0.4, -0.2) is 67.7 Å². The van der Waals surface area contributed by atoms with Crippen LogP contribution in [0.3, 0.4) is 0 Å². The van der Waals surface area contributed by atoms with Crippen molar-refractivity contribution in [3.8, 4) is 5.75 Å². The maximum Gasteiger partial charge on any atom is 0.252 e. The van der Waals surface area contributed by atoms with Gasteiger partial charge in [-0.3, -0.25) is 9.59 Å². The van der Waals surface area contributed by atoms with Crippen LogP contribution in [0.25, 0.3) is 0 Å². The van der Waals surface area contributed by atoms with Crippen LogP contribution in [0.5, 0.6) is 5.75 Å². The van der Waals surface area contributed by atoms with E-state index in [1.165, 1.54) is 7.11 Å². The first-order chi connectivity index (χ1) is 14.6. The van der Waals surface area contributed by atoms with Gasteiger partial charge in [0.15, 0.2) is 24.0 Å². The Kier molecular flexibility index (Phi) is 5.69. The van der Waals surface area contributed by atoms with Crippen molar-refractivity contribution in [2.45, 2.75) is 70.0 Å². The quantitative estimate of drug-likeness (QED) is 0.707.